The highest BCUT2D eigenvalue weighted by molar-refractivity contribution is 5.70. The van der Waals surface area contributed by atoms with Crippen molar-refractivity contribution in [2.24, 2.45) is 5.92 Å². The third kappa shape index (κ3) is 1.85. The van der Waals surface area contributed by atoms with Crippen LogP contribution in [0.25, 0.3) is 0 Å². The van der Waals surface area contributed by atoms with E-state index in [2.05, 4.69) is 10.6 Å². The first kappa shape index (κ1) is 9.77. The molecule has 14 heavy (non-hydrogen) atoms. The highest BCUT2D eigenvalue weighted by Crippen LogP contribution is 2.46. The van der Waals surface area contributed by atoms with Crippen LogP contribution in [0.5, 0.6) is 0 Å². The molecule has 0 spiro atoms. The third-order valence-corrected chi connectivity index (χ3v) is 2.81. The number of ether oxygens (including phenoxy) is 1. The highest BCUT2D eigenvalue weighted by atomic mass is 16.6. The van der Waals surface area contributed by atoms with Crippen molar-refractivity contribution in [3.05, 3.63) is 0 Å². The van der Waals surface area contributed by atoms with Crippen LogP contribution in [-0.2, 0) is 4.74 Å². The van der Waals surface area contributed by atoms with Crippen LogP contribution in [0.15, 0.2) is 0 Å². The summed E-state index contributed by atoms with van der Waals surface area (Å²) in [4.78, 5) is 11.5. The highest BCUT2D eigenvalue weighted by Gasteiger charge is 2.58. The molecular weight excluding hydrogens is 180 g/mol. The number of rotatable bonds is 1. The number of hydrogen-bond donors (Lipinski definition) is 2. The van der Waals surface area contributed by atoms with Crippen LogP contribution in [0.4, 0.5) is 4.79 Å². The number of fused-ring (bicyclic) bond motifs is 1. The summed E-state index contributed by atoms with van der Waals surface area (Å²) in [5, 5.41) is 6.22. The molecule has 1 saturated carbocycles. The molecule has 1 heterocycles. The number of carbonyl (C=O) groups is 1. The van der Waals surface area contributed by atoms with Gasteiger partial charge in [-0.15, -0.1) is 0 Å². The minimum Gasteiger partial charge on any atom is -0.444 e. The Hall–Kier alpha value is -0.770. The summed E-state index contributed by atoms with van der Waals surface area (Å²) in [5.41, 5.74) is -0.389. The second-order valence-corrected chi connectivity index (χ2v) is 5.31. The number of amides is 1. The third-order valence-electron chi connectivity index (χ3n) is 2.81. The molecule has 1 saturated heterocycles. The van der Waals surface area contributed by atoms with E-state index in [0.29, 0.717) is 5.92 Å². The van der Waals surface area contributed by atoms with Crippen molar-refractivity contribution in [3.8, 4) is 0 Å². The number of nitrogens with one attached hydrogen (secondary N) is 2. The van der Waals surface area contributed by atoms with E-state index < -0.39 is 5.60 Å². The van der Waals surface area contributed by atoms with Crippen molar-refractivity contribution >= 4 is 6.09 Å². The quantitative estimate of drug-likeness (QED) is 0.657. The maximum atomic E-state index is 11.5. The van der Waals surface area contributed by atoms with Gasteiger partial charge in [0, 0.05) is 13.1 Å². The largest absolute Gasteiger partial charge is 0.444 e. The molecule has 0 bridgehead atoms. The van der Waals surface area contributed by atoms with E-state index in [-0.39, 0.29) is 11.6 Å². The zero-order valence-corrected chi connectivity index (χ0v) is 9.02. The van der Waals surface area contributed by atoms with Gasteiger partial charge in [-0.25, -0.2) is 4.79 Å². The topological polar surface area (TPSA) is 50.4 Å². The average molecular weight is 198 g/mol. The van der Waals surface area contributed by atoms with Gasteiger partial charge >= 0.3 is 6.09 Å². The van der Waals surface area contributed by atoms with E-state index in [1.807, 2.05) is 20.8 Å². The number of hydrogen-bond acceptors (Lipinski definition) is 3. The molecule has 1 aliphatic carbocycles. The molecule has 4 nitrogen and oxygen atoms in total. The summed E-state index contributed by atoms with van der Waals surface area (Å²) in [7, 11) is 0. The van der Waals surface area contributed by atoms with Crippen LogP contribution in [0.3, 0.4) is 0 Å². The standard InChI is InChI=1S/C10H18N2O2/c1-9(2,3)14-8(13)12-10-4-7(10)5-11-6-10/h7,11H,4-6H2,1-3H3,(H,12,13)/t7?,10-/m0/s1. The lowest BCUT2D eigenvalue weighted by molar-refractivity contribution is 0.0497. The molecule has 1 aliphatic heterocycles. The molecule has 1 amide bonds. The van der Waals surface area contributed by atoms with E-state index in [9.17, 15) is 4.79 Å². The summed E-state index contributed by atoms with van der Waals surface area (Å²) in [6.07, 6.45) is 0.808. The van der Waals surface area contributed by atoms with Gasteiger partial charge in [-0.1, -0.05) is 0 Å². The molecule has 2 rings (SSSR count). The Morgan fingerprint density at radius 2 is 2.29 bits per heavy atom. The zero-order valence-electron chi connectivity index (χ0n) is 9.02. The molecule has 2 fully saturated rings. The molecule has 4 heteroatoms. The van der Waals surface area contributed by atoms with Crippen LogP contribution in [0.1, 0.15) is 27.2 Å². The Bertz CT molecular complexity index is 259. The second-order valence-electron chi connectivity index (χ2n) is 5.31. The first-order valence-electron chi connectivity index (χ1n) is 5.13. The van der Waals surface area contributed by atoms with Gasteiger partial charge in [0.2, 0.25) is 0 Å². The van der Waals surface area contributed by atoms with E-state index >= 15 is 0 Å². The van der Waals surface area contributed by atoms with Crippen molar-refractivity contribution in [3.63, 3.8) is 0 Å². The molecule has 2 N–H and O–H groups in total. The molecule has 0 radical (unpaired) electrons. The van der Waals surface area contributed by atoms with Gasteiger partial charge in [-0.2, -0.15) is 0 Å². The SMILES string of the molecule is CC(C)(C)OC(=O)N[C@@]12CNCC1C2. The van der Waals surface area contributed by atoms with Crippen LogP contribution in [-0.4, -0.2) is 30.3 Å². The lowest BCUT2D eigenvalue weighted by Gasteiger charge is -2.22. The molecule has 2 aliphatic rings. The molecule has 80 valence electrons. The van der Waals surface area contributed by atoms with Crippen LogP contribution in [0.2, 0.25) is 0 Å². The predicted molar refractivity (Wildman–Crippen MR) is 53.1 cm³/mol. The van der Waals surface area contributed by atoms with Crippen LogP contribution in [0, 0.1) is 5.92 Å². The number of carbonyl (C=O) groups excluding carboxylic acids is 1. The minimum absolute atomic E-state index is 0.0162. The Balaban J connectivity index is 1.84. The van der Waals surface area contributed by atoms with Crippen molar-refractivity contribution in [1.29, 1.82) is 0 Å². The molecule has 2 atom stereocenters. The Morgan fingerprint density at radius 3 is 2.71 bits per heavy atom. The summed E-state index contributed by atoms with van der Waals surface area (Å²) < 4.78 is 5.21. The summed E-state index contributed by atoms with van der Waals surface area (Å²) in [6, 6.07) is 0. The van der Waals surface area contributed by atoms with Crippen LogP contribution >= 0.6 is 0 Å². The monoisotopic (exact) mass is 198 g/mol. The normalized spacial score (nSPS) is 34.9. The van der Waals surface area contributed by atoms with Gasteiger partial charge in [-0.3, -0.25) is 0 Å². The van der Waals surface area contributed by atoms with Crippen molar-refractivity contribution in [1.82, 2.24) is 10.6 Å². The van der Waals surface area contributed by atoms with Crippen molar-refractivity contribution in [2.45, 2.75) is 38.3 Å². The number of piperidine rings is 1. The first-order valence-corrected chi connectivity index (χ1v) is 5.13. The summed E-state index contributed by atoms with van der Waals surface area (Å²) >= 11 is 0. The van der Waals surface area contributed by atoms with Gasteiger partial charge in [0.15, 0.2) is 0 Å². The second kappa shape index (κ2) is 2.86. The van der Waals surface area contributed by atoms with E-state index in [1.54, 1.807) is 0 Å². The lowest BCUT2D eigenvalue weighted by Crippen LogP contribution is -2.43. The molecule has 0 aromatic rings. The van der Waals surface area contributed by atoms with E-state index in [4.69, 9.17) is 4.74 Å². The van der Waals surface area contributed by atoms with Gasteiger partial charge in [-0.05, 0) is 33.1 Å². The van der Waals surface area contributed by atoms with Gasteiger partial charge in [0.05, 0.1) is 5.54 Å². The fraction of sp³-hybridized carbons (Fsp3) is 0.900. The fourth-order valence-electron chi connectivity index (χ4n) is 2.04. The Labute approximate surface area is 84.4 Å². The average Bonchev–Trinajstić information content (AvgIpc) is 2.48. The number of alkyl carbamates (subject to hydrolysis) is 1. The Morgan fingerprint density at radius 1 is 1.57 bits per heavy atom. The predicted octanol–water partition coefficient (Wildman–Crippen LogP) is 0.873. The van der Waals surface area contributed by atoms with Crippen LogP contribution < -0.4 is 10.6 Å². The fourth-order valence-corrected chi connectivity index (χ4v) is 2.04. The first-order chi connectivity index (χ1) is 6.41. The van der Waals surface area contributed by atoms with Gasteiger partial charge in [0.1, 0.15) is 5.60 Å². The zero-order chi connectivity index (χ0) is 10.4. The molecular formula is C10H18N2O2. The van der Waals surface area contributed by atoms with E-state index in [1.165, 1.54) is 0 Å². The summed E-state index contributed by atoms with van der Waals surface area (Å²) in [6.45, 7) is 7.54. The lowest BCUT2D eigenvalue weighted by atomic mass is 10.2. The smallest absolute Gasteiger partial charge is 0.408 e. The van der Waals surface area contributed by atoms with Gasteiger partial charge in [0.25, 0.3) is 0 Å². The van der Waals surface area contributed by atoms with E-state index in [0.717, 1.165) is 19.5 Å². The molecule has 1 unspecified atom stereocenters. The van der Waals surface area contributed by atoms with Crippen molar-refractivity contribution in [2.75, 3.05) is 13.1 Å². The molecule has 0 aromatic heterocycles. The maximum Gasteiger partial charge on any atom is 0.408 e. The maximum absolute atomic E-state index is 11.5. The van der Waals surface area contributed by atoms with Gasteiger partial charge < -0.3 is 15.4 Å². The summed E-state index contributed by atoms with van der Waals surface area (Å²) in [5.74, 6) is 0.620. The minimum atomic E-state index is -0.406. The molecule has 0 aromatic carbocycles. The Kier molecular flexibility index (Phi) is 2.00. The van der Waals surface area contributed by atoms with Crippen molar-refractivity contribution < 1.29 is 9.53 Å².